The van der Waals surface area contributed by atoms with E-state index in [2.05, 4.69) is 49.8 Å². The zero-order valence-electron chi connectivity index (χ0n) is 14.7. The molecule has 7 heteroatoms. The number of aromatic nitrogens is 3. The maximum Gasteiger partial charge on any atom is 0.191 e. The van der Waals surface area contributed by atoms with Gasteiger partial charge >= 0.3 is 0 Å². The van der Waals surface area contributed by atoms with Crippen LogP contribution in [0.3, 0.4) is 0 Å². The van der Waals surface area contributed by atoms with Crippen molar-refractivity contribution in [3.8, 4) is 11.5 Å². The van der Waals surface area contributed by atoms with E-state index in [4.69, 9.17) is 9.47 Å². The Labute approximate surface area is 165 Å². The third-order valence-electron chi connectivity index (χ3n) is 3.79. The second kappa shape index (κ2) is 9.09. The number of halogens is 1. The van der Waals surface area contributed by atoms with Gasteiger partial charge in [-0.2, -0.15) is 0 Å². The highest BCUT2D eigenvalue weighted by molar-refractivity contribution is 9.10. The van der Waals surface area contributed by atoms with Crippen LogP contribution in [0.2, 0.25) is 0 Å². The Bertz CT molecular complexity index is 852. The van der Waals surface area contributed by atoms with Gasteiger partial charge in [0.05, 0.1) is 7.11 Å². The highest BCUT2D eigenvalue weighted by Crippen LogP contribution is 2.24. The number of rotatable bonds is 8. The Hall–Kier alpha value is -1.99. The summed E-state index contributed by atoms with van der Waals surface area (Å²) in [5.74, 6) is 3.25. The van der Waals surface area contributed by atoms with Crippen molar-refractivity contribution >= 4 is 27.7 Å². The van der Waals surface area contributed by atoms with Gasteiger partial charge in [0.1, 0.15) is 18.1 Å². The molecule has 1 aromatic heterocycles. The lowest BCUT2D eigenvalue weighted by atomic mass is 10.2. The Morgan fingerprint density at radius 3 is 2.54 bits per heavy atom. The molecule has 1 heterocycles. The second-order valence-electron chi connectivity index (χ2n) is 5.53. The van der Waals surface area contributed by atoms with Gasteiger partial charge in [0.2, 0.25) is 0 Å². The Morgan fingerprint density at radius 2 is 1.85 bits per heavy atom. The molecular weight excluding hydrogens is 414 g/mol. The summed E-state index contributed by atoms with van der Waals surface area (Å²) in [6.45, 7) is 3.27. The number of methoxy groups -OCH3 is 1. The molecular formula is C19H20BrN3O2S. The number of thioether (sulfide) groups is 1. The van der Waals surface area contributed by atoms with Crippen LogP contribution >= 0.6 is 27.7 Å². The Morgan fingerprint density at radius 1 is 1.08 bits per heavy atom. The molecule has 2 aromatic carbocycles. The predicted molar refractivity (Wildman–Crippen MR) is 107 cm³/mol. The average molecular weight is 434 g/mol. The minimum absolute atomic E-state index is 0.380. The number of nitrogens with zero attached hydrogens (tertiary/aromatic N) is 3. The lowest BCUT2D eigenvalue weighted by Crippen LogP contribution is -2.07. The summed E-state index contributed by atoms with van der Waals surface area (Å²) in [6.07, 6.45) is 0. The summed E-state index contributed by atoms with van der Waals surface area (Å²) in [6, 6.07) is 15.8. The molecule has 26 heavy (non-hydrogen) atoms. The largest absolute Gasteiger partial charge is 0.497 e. The fourth-order valence-electron chi connectivity index (χ4n) is 2.44. The number of hydrogen-bond acceptors (Lipinski definition) is 5. The van der Waals surface area contributed by atoms with Crippen molar-refractivity contribution in [1.82, 2.24) is 14.8 Å². The van der Waals surface area contributed by atoms with Gasteiger partial charge in [0.25, 0.3) is 0 Å². The van der Waals surface area contributed by atoms with Gasteiger partial charge in [-0.05, 0) is 48.9 Å². The summed E-state index contributed by atoms with van der Waals surface area (Å²) >= 11 is 5.18. The molecule has 0 fully saturated rings. The van der Waals surface area contributed by atoms with E-state index in [0.29, 0.717) is 6.61 Å². The highest BCUT2D eigenvalue weighted by atomic mass is 79.9. The van der Waals surface area contributed by atoms with Crippen LogP contribution in [-0.4, -0.2) is 21.9 Å². The molecule has 0 unspecified atom stereocenters. The van der Waals surface area contributed by atoms with Crippen molar-refractivity contribution in [3.63, 3.8) is 0 Å². The van der Waals surface area contributed by atoms with Gasteiger partial charge in [0, 0.05) is 16.8 Å². The van der Waals surface area contributed by atoms with E-state index in [1.165, 1.54) is 5.56 Å². The van der Waals surface area contributed by atoms with E-state index in [-0.39, 0.29) is 0 Å². The molecule has 0 atom stereocenters. The molecule has 136 valence electrons. The molecule has 0 N–H and O–H groups in total. The summed E-state index contributed by atoms with van der Waals surface area (Å²) in [5, 5.41) is 9.53. The topological polar surface area (TPSA) is 49.2 Å². The van der Waals surface area contributed by atoms with E-state index in [1.54, 1.807) is 18.9 Å². The molecule has 0 amide bonds. The fourth-order valence-corrected chi connectivity index (χ4v) is 3.86. The Balaban J connectivity index is 1.63. The fraction of sp³-hybridized carbons (Fsp3) is 0.263. The first kappa shape index (κ1) is 18.8. The van der Waals surface area contributed by atoms with Crippen LogP contribution in [0.1, 0.15) is 18.3 Å². The van der Waals surface area contributed by atoms with E-state index in [0.717, 1.165) is 39.3 Å². The first-order valence-corrected chi connectivity index (χ1v) is 10.0. The summed E-state index contributed by atoms with van der Waals surface area (Å²) in [5.41, 5.74) is 1.24. The van der Waals surface area contributed by atoms with E-state index >= 15 is 0 Å². The number of benzene rings is 2. The first-order valence-electron chi connectivity index (χ1n) is 8.25. The van der Waals surface area contributed by atoms with Crippen LogP contribution in [0, 0.1) is 0 Å². The van der Waals surface area contributed by atoms with Crippen LogP contribution in [0.4, 0.5) is 0 Å². The molecule has 5 nitrogen and oxygen atoms in total. The van der Waals surface area contributed by atoms with Gasteiger partial charge < -0.3 is 14.0 Å². The molecule has 0 saturated carbocycles. The van der Waals surface area contributed by atoms with Crippen molar-refractivity contribution in [3.05, 3.63) is 64.4 Å². The zero-order chi connectivity index (χ0) is 18.4. The normalized spacial score (nSPS) is 10.7. The van der Waals surface area contributed by atoms with Gasteiger partial charge in [-0.3, -0.25) is 0 Å². The van der Waals surface area contributed by atoms with Crippen molar-refractivity contribution < 1.29 is 9.47 Å². The maximum absolute atomic E-state index is 5.83. The molecule has 0 aliphatic carbocycles. The minimum Gasteiger partial charge on any atom is -0.497 e. The monoisotopic (exact) mass is 433 g/mol. The zero-order valence-corrected chi connectivity index (χ0v) is 17.1. The van der Waals surface area contributed by atoms with E-state index < -0.39 is 0 Å². The molecule has 0 spiro atoms. The molecule has 3 aromatic rings. The van der Waals surface area contributed by atoms with Gasteiger partial charge in [-0.1, -0.05) is 39.8 Å². The predicted octanol–water partition coefficient (Wildman–Crippen LogP) is 4.94. The molecule has 0 aliphatic rings. The van der Waals surface area contributed by atoms with Crippen LogP contribution in [0.25, 0.3) is 0 Å². The molecule has 0 aliphatic heterocycles. The van der Waals surface area contributed by atoms with Crippen LogP contribution in [0.15, 0.2) is 58.2 Å². The van der Waals surface area contributed by atoms with Crippen LogP contribution in [0.5, 0.6) is 11.5 Å². The second-order valence-corrected chi connectivity index (χ2v) is 7.38. The lowest BCUT2D eigenvalue weighted by Gasteiger charge is -2.09. The number of hydrogen-bond donors (Lipinski definition) is 0. The standard InChI is InChI=1S/C19H20BrN3O2S/c1-3-23-18(12-25-17-9-7-16(24-2)8-10-17)21-22-19(23)26-13-14-5-4-6-15(20)11-14/h4-11H,3,12-13H2,1-2H3. The van der Waals surface area contributed by atoms with E-state index in [9.17, 15) is 0 Å². The maximum atomic E-state index is 5.83. The summed E-state index contributed by atoms with van der Waals surface area (Å²) < 4.78 is 14.2. The molecule has 3 rings (SSSR count). The van der Waals surface area contributed by atoms with Crippen LogP contribution in [-0.2, 0) is 18.9 Å². The molecule has 0 saturated heterocycles. The molecule has 0 radical (unpaired) electrons. The molecule has 0 bridgehead atoms. The lowest BCUT2D eigenvalue weighted by molar-refractivity contribution is 0.287. The van der Waals surface area contributed by atoms with Crippen molar-refractivity contribution in [2.75, 3.05) is 7.11 Å². The summed E-state index contributed by atoms with van der Waals surface area (Å²) in [7, 11) is 1.65. The smallest absolute Gasteiger partial charge is 0.191 e. The number of ether oxygens (including phenoxy) is 2. The van der Waals surface area contributed by atoms with Gasteiger partial charge in [0.15, 0.2) is 11.0 Å². The van der Waals surface area contributed by atoms with Crippen molar-refractivity contribution in [2.24, 2.45) is 0 Å². The van der Waals surface area contributed by atoms with Crippen molar-refractivity contribution in [1.29, 1.82) is 0 Å². The van der Waals surface area contributed by atoms with Gasteiger partial charge in [-0.25, -0.2) is 0 Å². The van der Waals surface area contributed by atoms with Gasteiger partial charge in [-0.15, -0.1) is 10.2 Å². The Kier molecular flexibility index (Phi) is 6.57. The quantitative estimate of drug-likeness (QED) is 0.470. The summed E-state index contributed by atoms with van der Waals surface area (Å²) in [4.78, 5) is 0. The third kappa shape index (κ3) is 4.80. The minimum atomic E-state index is 0.380. The highest BCUT2D eigenvalue weighted by Gasteiger charge is 2.12. The van der Waals surface area contributed by atoms with Crippen LogP contribution < -0.4 is 9.47 Å². The first-order chi connectivity index (χ1) is 12.7. The average Bonchev–Trinajstić information content (AvgIpc) is 3.07. The van der Waals surface area contributed by atoms with Crippen molar-refractivity contribution in [2.45, 2.75) is 31.0 Å². The third-order valence-corrected chi connectivity index (χ3v) is 5.33. The van der Waals surface area contributed by atoms with E-state index in [1.807, 2.05) is 36.4 Å². The SMILES string of the molecule is CCn1c(COc2ccc(OC)cc2)nnc1SCc1cccc(Br)c1.